The maximum Gasteiger partial charge on any atom is 0.258 e. The third kappa shape index (κ3) is 3.48. The lowest BCUT2D eigenvalue weighted by Crippen LogP contribution is -2.46. The summed E-state index contributed by atoms with van der Waals surface area (Å²) in [5.41, 5.74) is 3.44. The number of aliphatic hydroxyl groups is 1. The molecule has 1 fully saturated rings. The molecule has 1 amide bonds. The molecule has 0 spiro atoms. The molecular formula is C25H25N3O3. The van der Waals surface area contributed by atoms with Crippen LogP contribution in [-0.4, -0.2) is 28.2 Å². The van der Waals surface area contributed by atoms with E-state index in [9.17, 15) is 14.7 Å². The van der Waals surface area contributed by atoms with E-state index in [0.29, 0.717) is 18.7 Å². The summed E-state index contributed by atoms with van der Waals surface area (Å²) < 4.78 is 1.80. The molecule has 3 heterocycles. The second-order valence-corrected chi connectivity index (χ2v) is 8.29. The molecule has 2 aliphatic rings. The largest absolute Gasteiger partial charge is 0.396 e. The number of pyridine rings is 1. The fraction of sp³-hybridized carbons (Fsp3) is 0.280. The Bertz CT molecular complexity index is 1140. The van der Waals surface area contributed by atoms with Gasteiger partial charge in [-0.1, -0.05) is 60.7 Å². The lowest BCUT2D eigenvalue weighted by atomic mass is 9.88. The maximum absolute atomic E-state index is 13.2. The van der Waals surface area contributed by atoms with Crippen molar-refractivity contribution >= 4 is 5.91 Å². The van der Waals surface area contributed by atoms with Gasteiger partial charge in [-0.2, -0.15) is 0 Å². The molecule has 31 heavy (non-hydrogen) atoms. The summed E-state index contributed by atoms with van der Waals surface area (Å²) in [6.45, 7) is 0.841. The van der Waals surface area contributed by atoms with Crippen LogP contribution in [0.4, 0.5) is 0 Å². The molecule has 3 aromatic rings. The minimum absolute atomic E-state index is 0.00352. The van der Waals surface area contributed by atoms with E-state index in [1.807, 2.05) is 72.8 Å². The highest BCUT2D eigenvalue weighted by Gasteiger charge is 2.50. The Labute approximate surface area is 180 Å². The number of aromatic nitrogens is 1. The highest BCUT2D eigenvalue weighted by molar-refractivity contribution is 5.82. The van der Waals surface area contributed by atoms with Crippen molar-refractivity contribution in [1.82, 2.24) is 15.2 Å². The Morgan fingerprint density at radius 1 is 1.03 bits per heavy atom. The predicted octanol–water partition coefficient (Wildman–Crippen LogP) is 2.08. The van der Waals surface area contributed by atoms with Crippen LogP contribution in [0, 0.1) is 11.8 Å². The summed E-state index contributed by atoms with van der Waals surface area (Å²) in [5, 5.41) is 16.5. The number of fused-ring (bicyclic) bond motifs is 3. The summed E-state index contributed by atoms with van der Waals surface area (Å²) >= 11 is 0. The number of hydrogen-bond acceptors (Lipinski definition) is 4. The van der Waals surface area contributed by atoms with Crippen molar-refractivity contribution in [3.05, 3.63) is 94.4 Å². The second-order valence-electron chi connectivity index (χ2n) is 8.29. The molecule has 0 radical (unpaired) electrons. The van der Waals surface area contributed by atoms with E-state index in [1.165, 1.54) is 0 Å². The molecule has 0 saturated carbocycles. The van der Waals surface area contributed by atoms with Crippen molar-refractivity contribution in [2.45, 2.75) is 25.2 Å². The van der Waals surface area contributed by atoms with Gasteiger partial charge < -0.3 is 15.0 Å². The average molecular weight is 415 g/mol. The molecule has 2 aromatic carbocycles. The second kappa shape index (κ2) is 8.13. The van der Waals surface area contributed by atoms with Crippen LogP contribution in [-0.2, 0) is 17.9 Å². The van der Waals surface area contributed by atoms with Gasteiger partial charge in [0.25, 0.3) is 5.56 Å². The number of aliphatic hydroxyl groups excluding tert-OH is 1. The highest BCUT2D eigenvalue weighted by Crippen LogP contribution is 2.42. The number of nitrogens with one attached hydrogen (secondary N) is 2. The van der Waals surface area contributed by atoms with Gasteiger partial charge in [-0.3, -0.25) is 14.9 Å². The molecule has 5 rings (SSSR count). The van der Waals surface area contributed by atoms with E-state index in [4.69, 9.17) is 0 Å². The maximum atomic E-state index is 13.2. The Hall–Kier alpha value is -3.22. The monoisotopic (exact) mass is 415 g/mol. The Kier molecular flexibility index (Phi) is 5.18. The fourth-order valence-electron chi connectivity index (χ4n) is 4.99. The zero-order valence-electron chi connectivity index (χ0n) is 17.1. The molecule has 0 unspecified atom stereocenters. The normalized spacial score (nSPS) is 23.9. The van der Waals surface area contributed by atoms with Crippen LogP contribution in [0.1, 0.15) is 17.3 Å². The van der Waals surface area contributed by atoms with Crippen LogP contribution >= 0.6 is 0 Å². The first-order valence-corrected chi connectivity index (χ1v) is 10.6. The van der Waals surface area contributed by atoms with E-state index < -0.39 is 6.04 Å². The van der Waals surface area contributed by atoms with Gasteiger partial charge in [0, 0.05) is 42.8 Å². The van der Waals surface area contributed by atoms with Crippen LogP contribution in [0.2, 0.25) is 0 Å². The van der Waals surface area contributed by atoms with Gasteiger partial charge >= 0.3 is 0 Å². The molecule has 3 N–H and O–H groups in total. The van der Waals surface area contributed by atoms with Crippen molar-refractivity contribution in [2.24, 2.45) is 11.8 Å². The molecule has 6 nitrogen and oxygen atoms in total. The van der Waals surface area contributed by atoms with Crippen LogP contribution in [0.25, 0.3) is 11.1 Å². The van der Waals surface area contributed by atoms with Gasteiger partial charge in [-0.15, -0.1) is 0 Å². The van der Waals surface area contributed by atoms with Gasteiger partial charge in [0.15, 0.2) is 0 Å². The van der Waals surface area contributed by atoms with Gasteiger partial charge in [-0.05, 0) is 23.3 Å². The molecule has 158 valence electrons. The third-order valence-corrected chi connectivity index (χ3v) is 6.57. The number of amides is 1. The minimum Gasteiger partial charge on any atom is -0.396 e. The van der Waals surface area contributed by atoms with E-state index in [2.05, 4.69) is 10.6 Å². The molecule has 0 aliphatic carbocycles. The summed E-state index contributed by atoms with van der Waals surface area (Å²) in [4.78, 5) is 26.0. The molecule has 1 saturated heterocycles. The van der Waals surface area contributed by atoms with E-state index >= 15 is 0 Å². The summed E-state index contributed by atoms with van der Waals surface area (Å²) in [6.07, 6.45) is 0. The van der Waals surface area contributed by atoms with Gasteiger partial charge in [0.05, 0.1) is 12.1 Å². The van der Waals surface area contributed by atoms with E-state index in [-0.39, 0.29) is 36.0 Å². The third-order valence-electron chi connectivity index (χ3n) is 6.57. The van der Waals surface area contributed by atoms with Gasteiger partial charge in [0.2, 0.25) is 5.91 Å². The number of carbonyl (C=O) groups excluding carboxylic acids is 1. The minimum atomic E-state index is -0.485. The van der Waals surface area contributed by atoms with Crippen LogP contribution in [0.15, 0.2) is 77.6 Å². The van der Waals surface area contributed by atoms with Gasteiger partial charge in [0.1, 0.15) is 0 Å². The Balaban J connectivity index is 1.37. The molecule has 0 bridgehead atoms. The van der Waals surface area contributed by atoms with E-state index in [1.54, 1.807) is 4.57 Å². The van der Waals surface area contributed by atoms with Crippen LogP contribution in [0.3, 0.4) is 0 Å². The topological polar surface area (TPSA) is 83.4 Å². The Morgan fingerprint density at radius 3 is 2.45 bits per heavy atom. The zero-order chi connectivity index (χ0) is 21.4. The molecule has 6 heteroatoms. The molecule has 1 aromatic heterocycles. The van der Waals surface area contributed by atoms with Crippen LogP contribution < -0.4 is 16.2 Å². The van der Waals surface area contributed by atoms with E-state index in [0.717, 1.165) is 16.8 Å². The molecular weight excluding hydrogens is 390 g/mol. The van der Waals surface area contributed by atoms with Crippen molar-refractivity contribution < 1.29 is 9.90 Å². The zero-order valence-corrected chi connectivity index (χ0v) is 17.1. The van der Waals surface area contributed by atoms with Crippen molar-refractivity contribution in [3.8, 4) is 11.1 Å². The SMILES string of the molecule is O=C(NCc1ccccc1)[C@H]1N[C@H]2c3ccc(-c4ccccc4)c(=O)n3C[C@H]2[C@@H]1CO. The summed E-state index contributed by atoms with van der Waals surface area (Å²) in [7, 11) is 0. The number of hydrogen-bond donors (Lipinski definition) is 3. The Morgan fingerprint density at radius 2 is 1.74 bits per heavy atom. The fourth-order valence-corrected chi connectivity index (χ4v) is 4.99. The number of benzene rings is 2. The first kappa shape index (κ1) is 19.7. The average Bonchev–Trinajstić information content (AvgIpc) is 3.36. The van der Waals surface area contributed by atoms with Crippen molar-refractivity contribution in [3.63, 3.8) is 0 Å². The number of rotatable bonds is 5. The van der Waals surface area contributed by atoms with Crippen molar-refractivity contribution in [1.29, 1.82) is 0 Å². The lowest BCUT2D eigenvalue weighted by molar-refractivity contribution is -0.124. The van der Waals surface area contributed by atoms with Crippen molar-refractivity contribution in [2.75, 3.05) is 6.61 Å². The first-order chi connectivity index (χ1) is 15.2. The highest BCUT2D eigenvalue weighted by atomic mass is 16.3. The van der Waals surface area contributed by atoms with Crippen LogP contribution in [0.5, 0.6) is 0 Å². The smallest absolute Gasteiger partial charge is 0.258 e. The van der Waals surface area contributed by atoms with Gasteiger partial charge in [-0.25, -0.2) is 0 Å². The quantitative estimate of drug-likeness (QED) is 0.596. The predicted molar refractivity (Wildman–Crippen MR) is 118 cm³/mol. The molecule has 2 aliphatic heterocycles. The summed E-state index contributed by atoms with van der Waals surface area (Å²) in [6, 6.07) is 22.6. The molecule has 4 atom stereocenters. The standard InChI is InChI=1S/C25H25N3O3/c29-15-20-19-14-28-21(12-11-18(25(28)31)17-9-5-2-6-10-17)22(19)27-23(20)24(30)26-13-16-7-3-1-4-8-16/h1-12,19-20,22-23,27,29H,13-15H2,(H,26,30)/t19-,20-,22+,23-/m0/s1. The first-order valence-electron chi connectivity index (χ1n) is 10.6. The number of carbonyl (C=O) groups is 1. The lowest BCUT2D eigenvalue weighted by Gasteiger charge is -2.21. The summed E-state index contributed by atoms with van der Waals surface area (Å²) in [5.74, 6) is -0.372. The number of nitrogens with zero attached hydrogens (tertiary/aromatic N) is 1.